The third kappa shape index (κ3) is 3.19. The largest absolute Gasteiger partial charge is 0.480 e. The molecule has 0 aromatic carbocycles. The van der Waals surface area contributed by atoms with E-state index in [0.29, 0.717) is 13.6 Å². The van der Waals surface area contributed by atoms with Gasteiger partial charge in [0.25, 0.3) is 0 Å². The predicted octanol–water partition coefficient (Wildman–Crippen LogP) is 2.48. The molecule has 0 aliphatic rings. The van der Waals surface area contributed by atoms with Crippen LogP contribution in [0.1, 0.15) is 25.8 Å². The Bertz CT molecular complexity index is 430. The van der Waals surface area contributed by atoms with Crippen LogP contribution >= 0.6 is 45.2 Å². The standard InChI is InChI=1S/C10H11I2NO3/c1-2-3-8(10(15)16)13-4-6(11)9(14)7(12)5-13/h4-5,8H,2-3H2,1H3,(H,15,16). The number of aliphatic carboxylic acids is 1. The highest BCUT2D eigenvalue weighted by Gasteiger charge is 2.18. The summed E-state index contributed by atoms with van der Waals surface area (Å²) >= 11 is 3.86. The summed E-state index contributed by atoms with van der Waals surface area (Å²) in [4.78, 5) is 22.6. The number of halogens is 2. The quantitative estimate of drug-likeness (QED) is 0.723. The second-order valence-electron chi connectivity index (χ2n) is 3.37. The van der Waals surface area contributed by atoms with Gasteiger partial charge in [-0.2, -0.15) is 0 Å². The highest BCUT2D eigenvalue weighted by molar-refractivity contribution is 14.1. The molecule has 0 saturated heterocycles. The minimum atomic E-state index is -0.864. The molecule has 0 fully saturated rings. The van der Waals surface area contributed by atoms with E-state index in [9.17, 15) is 9.59 Å². The van der Waals surface area contributed by atoms with Crippen LogP contribution in [0.2, 0.25) is 0 Å². The molecule has 0 spiro atoms. The minimum Gasteiger partial charge on any atom is -0.480 e. The lowest BCUT2D eigenvalue weighted by atomic mass is 10.1. The van der Waals surface area contributed by atoms with E-state index in [1.807, 2.05) is 52.1 Å². The van der Waals surface area contributed by atoms with E-state index < -0.39 is 12.0 Å². The van der Waals surface area contributed by atoms with Gasteiger partial charge < -0.3 is 9.67 Å². The number of rotatable bonds is 4. The molecular formula is C10H11I2NO3. The van der Waals surface area contributed by atoms with E-state index >= 15 is 0 Å². The lowest BCUT2D eigenvalue weighted by molar-refractivity contribution is -0.141. The summed E-state index contributed by atoms with van der Waals surface area (Å²) in [6.07, 6.45) is 4.54. The van der Waals surface area contributed by atoms with E-state index in [1.165, 1.54) is 0 Å². The van der Waals surface area contributed by atoms with E-state index in [2.05, 4.69) is 0 Å². The van der Waals surface area contributed by atoms with Gasteiger partial charge in [-0.3, -0.25) is 4.79 Å². The molecular weight excluding hydrogens is 436 g/mol. The maximum atomic E-state index is 11.5. The monoisotopic (exact) mass is 447 g/mol. The number of pyridine rings is 1. The molecule has 4 nitrogen and oxygen atoms in total. The van der Waals surface area contributed by atoms with Crippen molar-refractivity contribution in [3.63, 3.8) is 0 Å². The number of hydrogen-bond donors (Lipinski definition) is 1. The van der Waals surface area contributed by atoms with Gasteiger partial charge in [0.05, 0.1) is 7.14 Å². The van der Waals surface area contributed by atoms with Gasteiger partial charge in [0, 0.05) is 12.4 Å². The topological polar surface area (TPSA) is 59.3 Å². The molecule has 1 heterocycles. The second kappa shape index (κ2) is 5.99. The van der Waals surface area contributed by atoms with Gasteiger partial charge in [-0.15, -0.1) is 0 Å². The molecule has 0 bridgehead atoms. The summed E-state index contributed by atoms with van der Waals surface area (Å²) in [7, 11) is 0. The molecule has 1 N–H and O–H groups in total. The zero-order valence-corrected chi connectivity index (χ0v) is 12.9. The van der Waals surface area contributed by atoms with Crippen LogP contribution in [0.5, 0.6) is 0 Å². The van der Waals surface area contributed by atoms with Gasteiger partial charge in [0.15, 0.2) is 0 Å². The first kappa shape index (κ1) is 13.9. The van der Waals surface area contributed by atoms with E-state index in [-0.39, 0.29) is 5.43 Å². The van der Waals surface area contributed by atoms with Crippen LogP contribution in [0.15, 0.2) is 17.2 Å². The lowest BCUT2D eigenvalue weighted by Crippen LogP contribution is -2.22. The van der Waals surface area contributed by atoms with Crippen LogP contribution in [-0.2, 0) is 4.79 Å². The van der Waals surface area contributed by atoms with Gasteiger partial charge in [-0.05, 0) is 51.6 Å². The van der Waals surface area contributed by atoms with E-state index in [1.54, 1.807) is 17.0 Å². The lowest BCUT2D eigenvalue weighted by Gasteiger charge is -2.16. The van der Waals surface area contributed by atoms with Crippen molar-refractivity contribution in [3.8, 4) is 0 Å². The molecule has 1 rings (SSSR count). The highest BCUT2D eigenvalue weighted by atomic mass is 127. The Hall–Kier alpha value is -0.120. The van der Waals surface area contributed by atoms with Gasteiger partial charge in [0.1, 0.15) is 6.04 Å². The average molecular weight is 447 g/mol. The molecule has 1 unspecified atom stereocenters. The fourth-order valence-electron chi connectivity index (χ4n) is 1.38. The predicted molar refractivity (Wildman–Crippen MR) is 77.7 cm³/mol. The van der Waals surface area contributed by atoms with Crippen LogP contribution in [0.25, 0.3) is 0 Å². The smallest absolute Gasteiger partial charge is 0.326 e. The maximum absolute atomic E-state index is 11.5. The fourth-order valence-corrected chi connectivity index (χ4v) is 3.12. The van der Waals surface area contributed by atoms with Crippen LogP contribution in [-0.4, -0.2) is 15.6 Å². The summed E-state index contributed by atoms with van der Waals surface area (Å²) in [5.41, 5.74) is -0.0434. The molecule has 6 heteroatoms. The molecule has 0 amide bonds. The third-order valence-corrected chi connectivity index (χ3v) is 3.70. The zero-order valence-electron chi connectivity index (χ0n) is 8.61. The van der Waals surface area contributed by atoms with E-state index in [4.69, 9.17) is 5.11 Å². The van der Waals surface area contributed by atoms with Crippen molar-refractivity contribution in [2.45, 2.75) is 25.8 Å². The van der Waals surface area contributed by atoms with Gasteiger partial charge >= 0.3 is 5.97 Å². The van der Waals surface area contributed by atoms with Crippen molar-refractivity contribution in [1.29, 1.82) is 0 Å². The zero-order chi connectivity index (χ0) is 12.3. The normalized spacial score (nSPS) is 12.4. The molecule has 88 valence electrons. The first-order chi connectivity index (χ1) is 7.47. The summed E-state index contributed by atoms with van der Waals surface area (Å²) in [5.74, 6) is -0.864. The Morgan fingerprint density at radius 1 is 1.44 bits per heavy atom. The molecule has 0 saturated carbocycles. The molecule has 16 heavy (non-hydrogen) atoms. The fraction of sp³-hybridized carbons (Fsp3) is 0.400. The summed E-state index contributed by atoms with van der Waals surface area (Å²) in [6, 6.07) is -0.590. The van der Waals surface area contributed by atoms with Crippen molar-refractivity contribution in [2.75, 3.05) is 0 Å². The number of nitrogens with zero attached hydrogens (tertiary/aromatic N) is 1. The van der Waals surface area contributed by atoms with Crippen molar-refractivity contribution in [1.82, 2.24) is 4.57 Å². The van der Waals surface area contributed by atoms with Crippen LogP contribution in [0.4, 0.5) is 0 Å². The molecule has 0 aliphatic heterocycles. The Morgan fingerprint density at radius 2 is 1.94 bits per heavy atom. The van der Waals surface area contributed by atoms with E-state index in [0.717, 1.165) is 6.42 Å². The van der Waals surface area contributed by atoms with Crippen molar-refractivity contribution >= 4 is 51.2 Å². The second-order valence-corrected chi connectivity index (χ2v) is 5.70. The summed E-state index contributed by atoms with van der Waals surface area (Å²) < 4.78 is 2.70. The van der Waals surface area contributed by atoms with Gasteiger partial charge in [-0.1, -0.05) is 13.3 Å². The Labute approximate surface area is 120 Å². The number of carboxylic acid groups (broad SMARTS) is 1. The maximum Gasteiger partial charge on any atom is 0.326 e. The first-order valence-electron chi connectivity index (χ1n) is 4.77. The molecule has 1 atom stereocenters. The number of aromatic nitrogens is 1. The molecule has 0 radical (unpaired) electrons. The number of carboxylic acids is 1. The van der Waals surface area contributed by atoms with Crippen LogP contribution in [0, 0.1) is 7.14 Å². The molecule has 1 aromatic rings. The Kier molecular flexibility index (Phi) is 5.22. The highest BCUT2D eigenvalue weighted by Crippen LogP contribution is 2.16. The number of carbonyl (C=O) groups is 1. The SMILES string of the molecule is CCCC(C(=O)O)n1cc(I)c(=O)c(I)c1. The number of hydrogen-bond acceptors (Lipinski definition) is 2. The van der Waals surface area contributed by atoms with Crippen LogP contribution < -0.4 is 5.43 Å². The van der Waals surface area contributed by atoms with Crippen molar-refractivity contribution in [3.05, 3.63) is 29.8 Å². The summed E-state index contributed by atoms with van der Waals surface area (Å²) in [5, 5.41) is 9.11. The van der Waals surface area contributed by atoms with Crippen molar-refractivity contribution < 1.29 is 9.90 Å². The molecule has 0 aliphatic carbocycles. The Morgan fingerprint density at radius 3 is 2.31 bits per heavy atom. The van der Waals surface area contributed by atoms with Crippen molar-refractivity contribution in [2.24, 2.45) is 0 Å². The van der Waals surface area contributed by atoms with Crippen LogP contribution in [0.3, 0.4) is 0 Å². The van der Waals surface area contributed by atoms with Gasteiger partial charge in [0.2, 0.25) is 5.43 Å². The first-order valence-corrected chi connectivity index (χ1v) is 6.92. The molecule has 1 aromatic heterocycles. The Balaban J connectivity index is 3.20. The summed E-state index contributed by atoms with van der Waals surface area (Å²) in [6.45, 7) is 1.94. The minimum absolute atomic E-state index is 0.0434. The third-order valence-electron chi connectivity index (χ3n) is 2.17. The average Bonchev–Trinajstić information content (AvgIpc) is 2.21. The van der Waals surface area contributed by atoms with Gasteiger partial charge in [-0.25, -0.2) is 4.79 Å².